The number of alkyl halides is 1. The van der Waals surface area contributed by atoms with Crippen LogP contribution >= 0.6 is 22.6 Å². The van der Waals surface area contributed by atoms with E-state index in [9.17, 15) is 0 Å². The normalized spacial score (nSPS) is 42.1. The van der Waals surface area contributed by atoms with E-state index in [1.807, 2.05) is 0 Å². The molecule has 0 aromatic carbocycles. The molecule has 1 aliphatic heterocycles. The summed E-state index contributed by atoms with van der Waals surface area (Å²) in [6.07, 6.45) is 15.0. The maximum Gasteiger partial charge on any atom is 0.0904 e. The first-order valence-corrected chi connectivity index (χ1v) is 5.78. The van der Waals surface area contributed by atoms with Crippen molar-refractivity contribution in [3.05, 3.63) is 47.7 Å². The van der Waals surface area contributed by atoms with Gasteiger partial charge in [-0.15, -0.1) is 0 Å². The van der Waals surface area contributed by atoms with Crippen LogP contribution in [-0.4, -0.2) is 9.64 Å². The number of halogens is 1. The SMILES string of the molecule is CC12C3=CC=CC=C1N=CC2(I)C=C3. The van der Waals surface area contributed by atoms with E-state index in [4.69, 9.17) is 0 Å². The predicted octanol–water partition coefficient (Wildman–Crippen LogP) is 3.20. The first-order valence-electron chi connectivity index (χ1n) is 4.70. The van der Waals surface area contributed by atoms with Gasteiger partial charge in [-0.3, -0.25) is 4.99 Å². The van der Waals surface area contributed by atoms with Crippen molar-refractivity contribution < 1.29 is 0 Å². The third kappa shape index (κ3) is 0.787. The van der Waals surface area contributed by atoms with Gasteiger partial charge < -0.3 is 0 Å². The molecular formula is C12H10IN. The van der Waals surface area contributed by atoms with Crippen LogP contribution in [0, 0.1) is 5.41 Å². The van der Waals surface area contributed by atoms with Crippen molar-refractivity contribution in [1.82, 2.24) is 0 Å². The van der Waals surface area contributed by atoms with Crippen LogP contribution in [0.1, 0.15) is 6.92 Å². The summed E-state index contributed by atoms with van der Waals surface area (Å²) in [5.74, 6) is 0. The Bertz CT molecular complexity index is 415. The smallest absolute Gasteiger partial charge is 0.0904 e. The third-order valence-electron chi connectivity index (χ3n) is 3.39. The molecule has 1 heterocycles. The van der Waals surface area contributed by atoms with Gasteiger partial charge in [0.2, 0.25) is 0 Å². The Morgan fingerprint density at radius 2 is 2.07 bits per heavy atom. The zero-order valence-electron chi connectivity index (χ0n) is 7.87. The van der Waals surface area contributed by atoms with Gasteiger partial charge in [-0.1, -0.05) is 53.0 Å². The third-order valence-corrected chi connectivity index (χ3v) is 5.11. The van der Waals surface area contributed by atoms with E-state index in [0.29, 0.717) is 0 Å². The van der Waals surface area contributed by atoms with E-state index in [1.54, 1.807) is 0 Å². The maximum absolute atomic E-state index is 4.53. The predicted molar refractivity (Wildman–Crippen MR) is 67.8 cm³/mol. The quantitative estimate of drug-likeness (QED) is 0.481. The van der Waals surface area contributed by atoms with Crippen molar-refractivity contribution in [3.63, 3.8) is 0 Å². The Morgan fingerprint density at radius 1 is 1.29 bits per heavy atom. The molecule has 0 bridgehead atoms. The maximum atomic E-state index is 4.53. The van der Waals surface area contributed by atoms with Gasteiger partial charge in [-0.05, 0) is 18.6 Å². The molecule has 14 heavy (non-hydrogen) atoms. The summed E-state index contributed by atoms with van der Waals surface area (Å²) in [6, 6.07) is 0. The van der Waals surface area contributed by atoms with Gasteiger partial charge in [0, 0.05) is 6.21 Å². The van der Waals surface area contributed by atoms with E-state index in [2.05, 4.69) is 77.2 Å². The summed E-state index contributed by atoms with van der Waals surface area (Å²) < 4.78 is 0.0500. The highest BCUT2D eigenvalue weighted by atomic mass is 127. The molecule has 3 rings (SSSR count). The molecule has 0 radical (unpaired) electrons. The monoisotopic (exact) mass is 295 g/mol. The van der Waals surface area contributed by atoms with Crippen molar-refractivity contribution in [3.8, 4) is 0 Å². The second-order valence-corrected chi connectivity index (χ2v) is 5.83. The molecule has 3 aliphatic rings. The average molecular weight is 295 g/mol. The molecule has 2 aliphatic carbocycles. The number of rotatable bonds is 0. The Hall–Kier alpha value is -0.640. The van der Waals surface area contributed by atoms with Gasteiger partial charge in [0.05, 0.1) is 14.5 Å². The lowest BCUT2D eigenvalue weighted by Crippen LogP contribution is -2.35. The minimum absolute atomic E-state index is 0.0500. The molecule has 0 saturated heterocycles. The molecule has 0 aromatic rings. The highest BCUT2D eigenvalue weighted by Crippen LogP contribution is 2.58. The van der Waals surface area contributed by atoms with Gasteiger partial charge in [-0.25, -0.2) is 0 Å². The fourth-order valence-corrected chi connectivity index (χ4v) is 3.22. The van der Waals surface area contributed by atoms with Crippen LogP contribution in [0.4, 0.5) is 0 Å². The number of aliphatic imine (C=N–C) groups is 1. The summed E-state index contributed by atoms with van der Waals surface area (Å²) in [6.45, 7) is 2.27. The largest absolute Gasteiger partial charge is 0.263 e. The van der Waals surface area contributed by atoms with E-state index in [1.165, 1.54) is 11.3 Å². The summed E-state index contributed by atoms with van der Waals surface area (Å²) in [4.78, 5) is 4.53. The van der Waals surface area contributed by atoms with Crippen molar-refractivity contribution in [2.75, 3.05) is 0 Å². The lowest BCUT2D eigenvalue weighted by molar-refractivity contribution is 0.521. The van der Waals surface area contributed by atoms with Crippen molar-refractivity contribution >= 4 is 28.8 Å². The standard InChI is InChI=1S/C12H10IN/c1-11-9-4-2-3-5-10(11)14-8-12(11,13)7-6-9/h2-8H,1H3. The number of nitrogens with zero attached hydrogens (tertiary/aromatic N) is 1. The van der Waals surface area contributed by atoms with Gasteiger partial charge in [0.15, 0.2) is 0 Å². The lowest BCUT2D eigenvalue weighted by atomic mass is 9.76. The van der Waals surface area contributed by atoms with Crippen LogP contribution in [0.2, 0.25) is 0 Å². The number of hydrogen-bond acceptors (Lipinski definition) is 1. The zero-order valence-corrected chi connectivity index (χ0v) is 10.0. The number of allylic oxidation sites excluding steroid dienone is 7. The van der Waals surface area contributed by atoms with E-state index in [-0.39, 0.29) is 8.84 Å². The van der Waals surface area contributed by atoms with Crippen molar-refractivity contribution in [2.45, 2.75) is 10.3 Å². The molecule has 0 spiro atoms. The minimum atomic E-state index is 0.0500. The summed E-state index contributed by atoms with van der Waals surface area (Å²) >= 11 is 2.49. The first-order chi connectivity index (χ1) is 6.67. The second-order valence-electron chi connectivity index (χ2n) is 4.04. The van der Waals surface area contributed by atoms with Crippen LogP contribution in [0.5, 0.6) is 0 Å². The Morgan fingerprint density at radius 3 is 2.93 bits per heavy atom. The minimum Gasteiger partial charge on any atom is -0.263 e. The number of hydrogen-bond donors (Lipinski definition) is 0. The lowest BCUT2D eigenvalue weighted by Gasteiger charge is -2.32. The van der Waals surface area contributed by atoms with Crippen LogP contribution in [0.3, 0.4) is 0 Å². The molecular weight excluding hydrogens is 285 g/mol. The van der Waals surface area contributed by atoms with Gasteiger partial charge in [-0.2, -0.15) is 0 Å². The molecule has 1 nitrogen and oxygen atoms in total. The molecule has 2 heteroatoms. The molecule has 0 aromatic heterocycles. The highest BCUT2D eigenvalue weighted by Gasteiger charge is 2.55. The zero-order chi connectivity index (χ0) is 9.81. The van der Waals surface area contributed by atoms with Gasteiger partial charge >= 0.3 is 0 Å². The fourth-order valence-electron chi connectivity index (χ4n) is 2.31. The topological polar surface area (TPSA) is 12.4 Å². The van der Waals surface area contributed by atoms with E-state index in [0.717, 1.165) is 0 Å². The molecule has 0 saturated carbocycles. The highest BCUT2D eigenvalue weighted by molar-refractivity contribution is 14.1. The van der Waals surface area contributed by atoms with Crippen molar-refractivity contribution in [2.24, 2.45) is 10.4 Å². The van der Waals surface area contributed by atoms with E-state index < -0.39 is 0 Å². The molecule has 70 valence electrons. The average Bonchev–Trinajstić information content (AvgIpc) is 2.49. The van der Waals surface area contributed by atoms with Crippen LogP contribution in [-0.2, 0) is 0 Å². The van der Waals surface area contributed by atoms with Crippen LogP contribution < -0.4 is 0 Å². The molecule has 0 fully saturated rings. The summed E-state index contributed by atoms with van der Waals surface area (Å²) in [7, 11) is 0. The van der Waals surface area contributed by atoms with Gasteiger partial charge in [0.25, 0.3) is 0 Å². The van der Waals surface area contributed by atoms with E-state index >= 15 is 0 Å². The second kappa shape index (κ2) is 2.48. The summed E-state index contributed by atoms with van der Waals surface area (Å²) in [5, 5.41) is 0. The fraction of sp³-hybridized carbons (Fsp3) is 0.250. The van der Waals surface area contributed by atoms with Crippen molar-refractivity contribution in [1.29, 1.82) is 0 Å². The van der Waals surface area contributed by atoms with Gasteiger partial charge in [0.1, 0.15) is 0 Å². The molecule has 0 amide bonds. The molecule has 2 atom stereocenters. The Labute approximate surface area is 97.1 Å². The molecule has 0 N–H and O–H groups in total. The Kier molecular flexibility index (Phi) is 1.53. The Balaban J connectivity index is 2.34. The molecule has 2 unspecified atom stereocenters. The van der Waals surface area contributed by atoms with Crippen LogP contribution in [0.25, 0.3) is 0 Å². The first kappa shape index (κ1) is 8.65. The van der Waals surface area contributed by atoms with Crippen LogP contribution in [0.15, 0.2) is 52.7 Å². The summed E-state index contributed by atoms with van der Waals surface area (Å²) in [5.41, 5.74) is 2.60.